The average molecular weight is 226 g/mol. The number of nitrogens with zero attached hydrogens (tertiary/aromatic N) is 1. The normalized spacial score (nSPS) is 18.9. The van der Waals surface area contributed by atoms with Crippen molar-refractivity contribution in [3.05, 3.63) is 28.8 Å². The number of ether oxygens (including phenoxy) is 1. The molecule has 0 aromatic heterocycles. The SMILES string of the molecule is COC(=O)C1Cc2ccc(Cl)cc2N1C. The summed E-state index contributed by atoms with van der Waals surface area (Å²) >= 11 is 5.91. The fourth-order valence-corrected chi connectivity index (χ4v) is 2.09. The van der Waals surface area contributed by atoms with Crippen LogP contribution in [0.4, 0.5) is 5.69 Å². The third kappa shape index (κ3) is 1.67. The van der Waals surface area contributed by atoms with Crippen molar-refractivity contribution in [2.45, 2.75) is 12.5 Å². The Bertz CT molecular complexity index is 406. The second kappa shape index (κ2) is 3.74. The summed E-state index contributed by atoms with van der Waals surface area (Å²) in [5.74, 6) is -0.204. The molecule has 1 aliphatic heterocycles. The number of hydrogen-bond donors (Lipinski definition) is 0. The zero-order chi connectivity index (χ0) is 11.0. The average Bonchev–Trinajstić information content (AvgIpc) is 2.55. The second-order valence-corrected chi connectivity index (χ2v) is 4.06. The van der Waals surface area contributed by atoms with Crippen LogP contribution in [0.3, 0.4) is 0 Å². The predicted molar refractivity (Wildman–Crippen MR) is 59.4 cm³/mol. The van der Waals surface area contributed by atoms with E-state index >= 15 is 0 Å². The molecule has 2 rings (SSSR count). The number of benzene rings is 1. The van der Waals surface area contributed by atoms with Gasteiger partial charge in [-0.05, 0) is 17.7 Å². The molecular formula is C11H12ClNO2. The van der Waals surface area contributed by atoms with Gasteiger partial charge >= 0.3 is 5.97 Å². The molecule has 1 heterocycles. The van der Waals surface area contributed by atoms with E-state index < -0.39 is 0 Å². The van der Waals surface area contributed by atoms with Gasteiger partial charge in [0.1, 0.15) is 6.04 Å². The van der Waals surface area contributed by atoms with Crippen molar-refractivity contribution >= 4 is 23.3 Å². The van der Waals surface area contributed by atoms with E-state index in [1.807, 2.05) is 30.1 Å². The van der Waals surface area contributed by atoms with Crippen molar-refractivity contribution in [1.29, 1.82) is 0 Å². The number of carbonyl (C=O) groups is 1. The third-order valence-corrected chi connectivity index (χ3v) is 3.02. The lowest BCUT2D eigenvalue weighted by atomic mass is 10.1. The molecule has 0 saturated carbocycles. The van der Waals surface area contributed by atoms with E-state index in [1.54, 1.807) is 0 Å². The zero-order valence-corrected chi connectivity index (χ0v) is 9.41. The molecule has 0 bridgehead atoms. The fraction of sp³-hybridized carbons (Fsp3) is 0.364. The lowest BCUT2D eigenvalue weighted by Gasteiger charge is -2.20. The highest BCUT2D eigenvalue weighted by Crippen LogP contribution is 2.33. The first-order valence-corrected chi connectivity index (χ1v) is 5.10. The first-order valence-electron chi connectivity index (χ1n) is 4.72. The minimum atomic E-state index is -0.219. The molecule has 1 aliphatic rings. The van der Waals surface area contributed by atoms with E-state index in [0.717, 1.165) is 11.3 Å². The summed E-state index contributed by atoms with van der Waals surface area (Å²) < 4.78 is 4.75. The Hall–Kier alpha value is -1.22. The van der Waals surface area contributed by atoms with Crippen LogP contribution in [0.25, 0.3) is 0 Å². The van der Waals surface area contributed by atoms with Gasteiger partial charge in [-0.15, -0.1) is 0 Å². The Morgan fingerprint density at radius 1 is 1.60 bits per heavy atom. The largest absolute Gasteiger partial charge is 0.467 e. The zero-order valence-electron chi connectivity index (χ0n) is 8.66. The van der Waals surface area contributed by atoms with Crippen molar-refractivity contribution < 1.29 is 9.53 Å². The number of halogens is 1. The monoisotopic (exact) mass is 225 g/mol. The second-order valence-electron chi connectivity index (χ2n) is 3.63. The number of likely N-dealkylation sites (N-methyl/N-ethyl adjacent to an activating group) is 1. The van der Waals surface area contributed by atoms with E-state index in [1.165, 1.54) is 7.11 Å². The molecule has 1 aromatic rings. The molecule has 1 atom stereocenters. The van der Waals surface area contributed by atoms with Gasteiger partial charge in [-0.25, -0.2) is 4.79 Å². The molecule has 0 aliphatic carbocycles. The smallest absolute Gasteiger partial charge is 0.328 e. The summed E-state index contributed by atoms with van der Waals surface area (Å²) in [7, 11) is 3.29. The number of methoxy groups -OCH3 is 1. The fourth-order valence-electron chi connectivity index (χ4n) is 1.93. The molecule has 0 radical (unpaired) electrons. The topological polar surface area (TPSA) is 29.5 Å². The van der Waals surface area contributed by atoms with Crippen molar-refractivity contribution in [2.75, 3.05) is 19.1 Å². The lowest BCUT2D eigenvalue weighted by molar-refractivity contribution is -0.141. The van der Waals surface area contributed by atoms with Crippen LogP contribution >= 0.6 is 11.6 Å². The van der Waals surface area contributed by atoms with Crippen LogP contribution in [0.5, 0.6) is 0 Å². The first-order chi connectivity index (χ1) is 7.13. The summed E-state index contributed by atoms with van der Waals surface area (Å²) in [4.78, 5) is 13.4. The van der Waals surface area contributed by atoms with Gasteiger partial charge in [0.2, 0.25) is 0 Å². The number of esters is 1. The Morgan fingerprint density at radius 3 is 3.00 bits per heavy atom. The van der Waals surface area contributed by atoms with Gasteiger partial charge in [-0.1, -0.05) is 17.7 Å². The van der Waals surface area contributed by atoms with E-state index in [9.17, 15) is 4.79 Å². The molecule has 0 N–H and O–H groups in total. The minimum absolute atomic E-state index is 0.204. The summed E-state index contributed by atoms with van der Waals surface area (Å²) in [5.41, 5.74) is 2.15. The Kier molecular flexibility index (Phi) is 2.57. The summed E-state index contributed by atoms with van der Waals surface area (Å²) in [6, 6.07) is 5.45. The molecule has 1 unspecified atom stereocenters. The molecule has 0 fully saturated rings. The van der Waals surface area contributed by atoms with Gasteiger partial charge in [-0.3, -0.25) is 0 Å². The van der Waals surface area contributed by atoms with Crippen LogP contribution in [-0.2, 0) is 16.0 Å². The maximum Gasteiger partial charge on any atom is 0.328 e. The highest BCUT2D eigenvalue weighted by molar-refractivity contribution is 6.30. The van der Waals surface area contributed by atoms with Gasteiger partial charge in [0.25, 0.3) is 0 Å². The molecule has 0 spiro atoms. The van der Waals surface area contributed by atoms with Crippen molar-refractivity contribution in [3.8, 4) is 0 Å². The number of rotatable bonds is 1. The Balaban J connectivity index is 2.33. The van der Waals surface area contributed by atoms with E-state index in [4.69, 9.17) is 16.3 Å². The number of fused-ring (bicyclic) bond motifs is 1. The third-order valence-electron chi connectivity index (χ3n) is 2.78. The highest BCUT2D eigenvalue weighted by Gasteiger charge is 2.32. The van der Waals surface area contributed by atoms with Crippen LogP contribution in [0.2, 0.25) is 5.02 Å². The quantitative estimate of drug-likeness (QED) is 0.684. The summed E-state index contributed by atoms with van der Waals surface area (Å²) in [6.45, 7) is 0. The minimum Gasteiger partial charge on any atom is -0.467 e. The van der Waals surface area contributed by atoms with Gasteiger partial charge in [0.05, 0.1) is 7.11 Å². The van der Waals surface area contributed by atoms with Crippen molar-refractivity contribution in [2.24, 2.45) is 0 Å². The predicted octanol–water partition coefficient (Wildman–Crippen LogP) is 1.87. The number of hydrogen-bond acceptors (Lipinski definition) is 3. The number of carbonyl (C=O) groups excluding carboxylic acids is 1. The van der Waals surface area contributed by atoms with Crippen LogP contribution in [0.15, 0.2) is 18.2 Å². The molecular weight excluding hydrogens is 214 g/mol. The maximum atomic E-state index is 11.5. The van der Waals surface area contributed by atoms with Crippen LogP contribution in [-0.4, -0.2) is 26.2 Å². The highest BCUT2D eigenvalue weighted by atomic mass is 35.5. The van der Waals surface area contributed by atoms with E-state index in [2.05, 4.69) is 0 Å². The van der Waals surface area contributed by atoms with E-state index in [-0.39, 0.29) is 12.0 Å². The molecule has 80 valence electrons. The van der Waals surface area contributed by atoms with Crippen molar-refractivity contribution in [3.63, 3.8) is 0 Å². The molecule has 3 nitrogen and oxygen atoms in total. The molecule has 4 heteroatoms. The molecule has 15 heavy (non-hydrogen) atoms. The molecule has 0 saturated heterocycles. The van der Waals surface area contributed by atoms with Gasteiger partial charge < -0.3 is 9.64 Å². The van der Waals surface area contributed by atoms with Crippen LogP contribution in [0, 0.1) is 0 Å². The Labute approximate surface area is 93.6 Å². The lowest BCUT2D eigenvalue weighted by Crippen LogP contribution is -2.36. The van der Waals surface area contributed by atoms with E-state index in [0.29, 0.717) is 11.4 Å². The molecule has 1 aromatic carbocycles. The van der Waals surface area contributed by atoms with Crippen molar-refractivity contribution in [1.82, 2.24) is 0 Å². The van der Waals surface area contributed by atoms with Crippen LogP contribution < -0.4 is 4.90 Å². The standard InChI is InChI=1S/C11H12ClNO2/c1-13-9-6-8(12)4-3-7(9)5-10(13)11(14)15-2/h3-4,6,10H,5H2,1-2H3. The van der Waals surface area contributed by atoms with Gasteiger partial charge in [-0.2, -0.15) is 0 Å². The molecule has 0 amide bonds. The van der Waals surface area contributed by atoms with Crippen LogP contribution in [0.1, 0.15) is 5.56 Å². The van der Waals surface area contributed by atoms with Gasteiger partial charge in [0.15, 0.2) is 0 Å². The number of anilines is 1. The summed E-state index contributed by atoms with van der Waals surface area (Å²) in [5, 5.41) is 0.686. The van der Waals surface area contributed by atoms with Gasteiger partial charge in [0, 0.05) is 24.2 Å². The Morgan fingerprint density at radius 2 is 2.33 bits per heavy atom. The summed E-state index contributed by atoms with van der Waals surface area (Å²) in [6.07, 6.45) is 0.690. The maximum absolute atomic E-state index is 11.5. The first kappa shape index (κ1) is 10.3.